The number of rotatable bonds is 3. The molecule has 1 aromatic rings. The normalized spacial score (nSPS) is 14.6. The first-order valence-electron chi connectivity index (χ1n) is 5.87. The molecule has 0 saturated carbocycles. The van der Waals surface area contributed by atoms with Crippen LogP contribution in [0.2, 0.25) is 0 Å². The van der Waals surface area contributed by atoms with E-state index in [2.05, 4.69) is 5.32 Å². The van der Waals surface area contributed by atoms with Crippen LogP contribution in [0.25, 0.3) is 0 Å². The van der Waals surface area contributed by atoms with Gasteiger partial charge in [0.05, 0.1) is 4.92 Å². The number of hydrogen-bond donors (Lipinski definition) is 1. The van der Waals surface area contributed by atoms with Gasteiger partial charge < -0.3 is 5.32 Å². The van der Waals surface area contributed by atoms with Gasteiger partial charge in [0.25, 0.3) is 5.69 Å². The second-order valence-electron chi connectivity index (χ2n) is 4.60. The van der Waals surface area contributed by atoms with Gasteiger partial charge in [0, 0.05) is 17.7 Å². The molecule has 1 N–H and O–H groups in total. The fraction of sp³-hybridized carbons (Fsp3) is 0.231. The van der Waals surface area contributed by atoms with E-state index in [0.717, 1.165) is 0 Å². The molecule has 0 fully saturated rings. The van der Waals surface area contributed by atoms with Gasteiger partial charge in [0.1, 0.15) is 16.3 Å². The highest BCUT2D eigenvalue weighted by Crippen LogP contribution is 2.33. The van der Waals surface area contributed by atoms with Crippen LogP contribution in [0.3, 0.4) is 0 Å². The number of halogens is 1. The number of carbonyl (C=O) groups excluding carboxylic acids is 2. The van der Waals surface area contributed by atoms with Crippen LogP contribution in [-0.2, 0) is 0 Å². The Bertz CT molecular complexity index is 664. The number of Topliss-reactive ketones (excluding diaryl/α,β-unsaturated/α-hetero) is 2. The summed E-state index contributed by atoms with van der Waals surface area (Å²) in [5.41, 5.74) is -0.680. The maximum absolute atomic E-state index is 12.3. The third-order valence-electron chi connectivity index (χ3n) is 2.79. The van der Waals surface area contributed by atoms with Crippen molar-refractivity contribution in [1.29, 1.82) is 0 Å². The van der Waals surface area contributed by atoms with Crippen molar-refractivity contribution < 1.29 is 14.5 Å². The van der Waals surface area contributed by atoms with E-state index in [1.165, 1.54) is 18.2 Å². The van der Waals surface area contributed by atoms with Gasteiger partial charge in [-0.25, -0.2) is 0 Å². The van der Waals surface area contributed by atoms with Crippen molar-refractivity contribution in [2.45, 2.75) is 19.9 Å². The molecule has 7 heteroatoms. The van der Waals surface area contributed by atoms with Crippen LogP contribution in [-0.4, -0.2) is 22.5 Å². The molecule has 0 aliphatic heterocycles. The van der Waals surface area contributed by atoms with Crippen molar-refractivity contribution in [2.75, 3.05) is 0 Å². The summed E-state index contributed by atoms with van der Waals surface area (Å²) in [6, 6.07) is 3.83. The predicted molar refractivity (Wildman–Crippen MR) is 72.9 cm³/mol. The fourth-order valence-corrected chi connectivity index (χ4v) is 2.23. The Balaban J connectivity index is 2.66. The number of ketones is 2. The van der Waals surface area contributed by atoms with Gasteiger partial charge in [0.2, 0.25) is 11.6 Å². The number of fused-ring (bicyclic) bond motifs is 1. The first-order chi connectivity index (χ1) is 9.34. The maximum atomic E-state index is 12.3. The molecule has 0 amide bonds. The smallest absolute Gasteiger partial charge is 0.281 e. The Morgan fingerprint density at radius 3 is 2.45 bits per heavy atom. The van der Waals surface area contributed by atoms with E-state index < -0.39 is 22.2 Å². The molecule has 0 aromatic heterocycles. The number of nitrogens with zero attached hydrogens (tertiary/aromatic N) is 1. The first kappa shape index (κ1) is 14.2. The number of allylic oxidation sites excluding steroid dienone is 2. The van der Waals surface area contributed by atoms with E-state index in [-0.39, 0.29) is 27.9 Å². The van der Waals surface area contributed by atoms with E-state index in [1.807, 2.05) is 0 Å². The van der Waals surface area contributed by atoms with Crippen LogP contribution in [0.4, 0.5) is 5.69 Å². The average molecular weight is 295 g/mol. The lowest BCUT2D eigenvalue weighted by molar-refractivity contribution is -0.385. The Hall–Kier alpha value is -2.21. The highest BCUT2D eigenvalue weighted by Gasteiger charge is 2.36. The summed E-state index contributed by atoms with van der Waals surface area (Å²) in [6.07, 6.45) is 0. The van der Waals surface area contributed by atoms with Gasteiger partial charge in [-0.15, -0.1) is 0 Å². The summed E-state index contributed by atoms with van der Waals surface area (Å²) in [7, 11) is 0. The lowest BCUT2D eigenvalue weighted by Crippen LogP contribution is -2.33. The van der Waals surface area contributed by atoms with E-state index >= 15 is 0 Å². The predicted octanol–water partition coefficient (Wildman–Crippen LogP) is 2.42. The van der Waals surface area contributed by atoms with E-state index in [9.17, 15) is 19.7 Å². The zero-order valence-electron chi connectivity index (χ0n) is 10.8. The third-order valence-corrected chi connectivity index (χ3v) is 3.15. The monoisotopic (exact) mass is 294 g/mol. The number of nitrogens with one attached hydrogen (secondary N) is 1. The highest BCUT2D eigenvalue weighted by atomic mass is 35.5. The van der Waals surface area contributed by atoms with Crippen molar-refractivity contribution >= 4 is 28.9 Å². The molecule has 0 heterocycles. The van der Waals surface area contributed by atoms with E-state index in [0.29, 0.717) is 0 Å². The summed E-state index contributed by atoms with van der Waals surface area (Å²) in [5.74, 6) is -1.22. The number of nitro benzene ring substituents is 1. The quantitative estimate of drug-likeness (QED) is 0.683. The number of hydrogen-bond acceptors (Lipinski definition) is 5. The number of benzene rings is 1. The largest absolute Gasteiger partial charge is 0.378 e. The molecule has 104 valence electrons. The Kier molecular flexibility index (Phi) is 3.59. The van der Waals surface area contributed by atoms with Gasteiger partial charge in [-0.3, -0.25) is 19.7 Å². The molecular weight excluding hydrogens is 284 g/mol. The van der Waals surface area contributed by atoms with Crippen molar-refractivity contribution in [3.8, 4) is 0 Å². The summed E-state index contributed by atoms with van der Waals surface area (Å²) in [4.78, 5) is 34.8. The van der Waals surface area contributed by atoms with Gasteiger partial charge in [-0.2, -0.15) is 0 Å². The van der Waals surface area contributed by atoms with Crippen molar-refractivity contribution in [3.63, 3.8) is 0 Å². The third kappa shape index (κ3) is 2.18. The van der Waals surface area contributed by atoms with Crippen LogP contribution in [0.5, 0.6) is 0 Å². The molecule has 1 aliphatic rings. The highest BCUT2D eigenvalue weighted by molar-refractivity contribution is 6.50. The molecule has 0 saturated heterocycles. The van der Waals surface area contributed by atoms with Crippen LogP contribution in [0.15, 0.2) is 28.9 Å². The van der Waals surface area contributed by atoms with Crippen molar-refractivity contribution in [2.24, 2.45) is 0 Å². The second-order valence-corrected chi connectivity index (χ2v) is 4.98. The minimum absolute atomic E-state index is 0.00301. The molecule has 2 rings (SSSR count). The van der Waals surface area contributed by atoms with Crippen LogP contribution >= 0.6 is 11.6 Å². The standard InChI is InChI=1S/C13H11ClN2O4/c1-6(2)15-11-10(14)13(18)9-7(12(11)17)4-3-5-8(9)16(19)20/h3-6,15H,1-2H3. The van der Waals surface area contributed by atoms with Crippen LogP contribution < -0.4 is 5.32 Å². The molecule has 20 heavy (non-hydrogen) atoms. The molecule has 0 spiro atoms. The van der Waals surface area contributed by atoms with Crippen LogP contribution in [0, 0.1) is 10.1 Å². The first-order valence-corrected chi connectivity index (χ1v) is 6.25. The molecule has 1 aromatic carbocycles. The Morgan fingerprint density at radius 2 is 1.90 bits per heavy atom. The molecule has 0 bridgehead atoms. The zero-order chi connectivity index (χ0) is 15.0. The second kappa shape index (κ2) is 5.05. The molecule has 0 atom stereocenters. The minimum atomic E-state index is -0.711. The Morgan fingerprint density at radius 1 is 1.25 bits per heavy atom. The lowest BCUT2D eigenvalue weighted by Gasteiger charge is -2.20. The Labute approximate surface area is 119 Å². The van der Waals surface area contributed by atoms with Gasteiger partial charge in [-0.05, 0) is 19.9 Å². The average Bonchev–Trinajstić information content (AvgIpc) is 2.40. The fourth-order valence-electron chi connectivity index (χ4n) is 2.00. The van der Waals surface area contributed by atoms with E-state index in [4.69, 9.17) is 11.6 Å². The summed E-state index contributed by atoms with van der Waals surface area (Å²) in [6.45, 7) is 3.58. The van der Waals surface area contributed by atoms with Crippen LogP contribution in [0.1, 0.15) is 34.6 Å². The summed E-state index contributed by atoms with van der Waals surface area (Å²) < 4.78 is 0. The molecule has 0 radical (unpaired) electrons. The van der Waals surface area contributed by atoms with Gasteiger partial charge >= 0.3 is 0 Å². The van der Waals surface area contributed by atoms with Crippen molar-refractivity contribution in [1.82, 2.24) is 5.32 Å². The summed E-state index contributed by atoms with van der Waals surface area (Å²) in [5, 5.41) is 13.5. The number of carbonyl (C=O) groups is 2. The molecule has 0 unspecified atom stereocenters. The van der Waals surface area contributed by atoms with Crippen molar-refractivity contribution in [3.05, 3.63) is 50.2 Å². The molecule has 1 aliphatic carbocycles. The maximum Gasteiger partial charge on any atom is 0.281 e. The lowest BCUT2D eigenvalue weighted by atomic mass is 9.91. The van der Waals surface area contributed by atoms with E-state index in [1.54, 1.807) is 13.8 Å². The number of nitro groups is 1. The molecular formula is C13H11ClN2O4. The zero-order valence-corrected chi connectivity index (χ0v) is 11.5. The SMILES string of the molecule is CC(C)NC1=C(Cl)C(=O)c2c(cccc2[N+](=O)[O-])C1=O. The minimum Gasteiger partial charge on any atom is -0.378 e. The van der Waals surface area contributed by atoms with Gasteiger partial charge in [0.15, 0.2) is 0 Å². The molecule has 6 nitrogen and oxygen atoms in total. The topological polar surface area (TPSA) is 89.3 Å². The summed E-state index contributed by atoms with van der Waals surface area (Å²) >= 11 is 5.90. The van der Waals surface area contributed by atoms with Gasteiger partial charge in [-0.1, -0.05) is 17.7 Å².